The predicted octanol–water partition coefficient (Wildman–Crippen LogP) is 0.401. The molecule has 0 spiro atoms. The van der Waals surface area contributed by atoms with Crippen molar-refractivity contribution in [3.05, 3.63) is 0 Å². The number of nitrogens with zero attached hydrogens (tertiary/aromatic N) is 1. The molecule has 0 aromatic rings. The molecule has 2 fully saturated rings. The molecule has 2 aliphatic rings. The maximum absolute atomic E-state index is 11.3. The van der Waals surface area contributed by atoms with Gasteiger partial charge in [0.2, 0.25) is 11.8 Å². The van der Waals surface area contributed by atoms with Crippen molar-refractivity contribution in [3.63, 3.8) is 0 Å². The number of rotatable bonds is 1. The number of carbonyl (C=O) groups is 2. The van der Waals surface area contributed by atoms with E-state index in [4.69, 9.17) is 0 Å². The fourth-order valence-corrected chi connectivity index (χ4v) is 1.91. The summed E-state index contributed by atoms with van der Waals surface area (Å²) in [5, 5.41) is 0. The van der Waals surface area contributed by atoms with Crippen LogP contribution in [0.25, 0.3) is 0 Å². The molecule has 2 atom stereocenters. The highest BCUT2D eigenvalue weighted by atomic mass is 16.2. The molecule has 1 aliphatic heterocycles. The quantitative estimate of drug-likeness (QED) is 0.511. The standard InChI is InChI=1S/C8H11NO2/c1-2-9-7(10)5-3-4-6(5)8(9)11/h5-6H,2-4H2,1H3/t5-,6?/m0/s1. The maximum atomic E-state index is 11.3. The number of likely N-dealkylation sites (tertiary alicyclic amines) is 1. The van der Waals surface area contributed by atoms with Gasteiger partial charge in [0, 0.05) is 6.54 Å². The molecule has 0 aromatic carbocycles. The first kappa shape index (κ1) is 6.83. The molecular weight excluding hydrogens is 142 g/mol. The molecule has 3 heteroatoms. The van der Waals surface area contributed by atoms with Crippen LogP contribution in [-0.4, -0.2) is 23.3 Å². The minimum atomic E-state index is 0.0578. The van der Waals surface area contributed by atoms with E-state index < -0.39 is 0 Å². The van der Waals surface area contributed by atoms with Gasteiger partial charge < -0.3 is 0 Å². The van der Waals surface area contributed by atoms with Gasteiger partial charge in [-0.15, -0.1) is 0 Å². The summed E-state index contributed by atoms with van der Waals surface area (Å²) in [6.07, 6.45) is 1.84. The first-order valence-corrected chi connectivity index (χ1v) is 4.11. The zero-order valence-corrected chi connectivity index (χ0v) is 6.54. The molecule has 1 saturated heterocycles. The van der Waals surface area contributed by atoms with Gasteiger partial charge in [-0.05, 0) is 19.8 Å². The fourth-order valence-electron chi connectivity index (χ4n) is 1.91. The summed E-state index contributed by atoms with van der Waals surface area (Å²) >= 11 is 0. The molecule has 0 aromatic heterocycles. The van der Waals surface area contributed by atoms with Crippen molar-refractivity contribution in [2.45, 2.75) is 19.8 Å². The molecule has 3 nitrogen and oxygen atoms in total. The summed E-state index contributed by atoms with van der Waals surface area (Å²) in [4.78, 5) is 24.0. The van der Waals surface area contributed by atoms with E-state index in [1.807, 2.05) is 6.92 Å². The van der Waals surface area contributed by atoms with Crippen LogP contribution in [0.2, 0.25) is 0 Å². The van der Waals surface area contributed by atoms with Gasteiger partial charge in [-0.2, -0.15) is 0 Å². The van der Waals surface area contributed by atoms with Crippen molar-refractivity contribution in [2.24, 2.45) is 11.8 Å². The van der Waals surface area contributed by atoms with Gasteiger partial charge in [0.05, 0.1) is 11.8 Å². The smallest absolute Gasteiger partial charge is 0.233 e. The van der Waals surface area contributed by atoms with Gasteiger partial charge in [0.1, 0.15) is 0 Å². The lowest BCUT2D eigenvalue weighted by Crippen LogP contribution is -2.29. The number of hydrogen-bond acceptors (Lipinski definition) is 2. The van der Waals surface area contributed by atoms with Gasteiger partial charge in [-0.1, -0.05) is 0 Å². The number of imide groups is 1. The number of amides is 2. The van der Waals surface area contributed by atoms with Crippen molar-refractivity contribution in [3.8, 4) is 0 Å². The van der Waals surface area contributed by atoms with Crippen LogP contribution in [0.1, 0.15) is 19.8 Å². The van der Waals surface area contributed by atoms with Crippen LogP contribution in [-0.2, 0) is 9.59 Å². The molecule has 1 unspecified atom stereocenters. The van der Waals surface area contributed by atoms with E-state index in [-0.39, 0.29) is 23.7 Å². The number of hydrogen-bond donors (Lipinski definition) is 0. The Bertz CT molecular complexity index is 202. The summed E-state index contributed by atoms with van der Waals surface area (Å²) in [7, 11) is 0. The van der Waals surface area contributed by atoms with E-state index in [1.54, 1.807) is 0 Å². The first-order chi connectivity index (χ1) is 5.25. The van der Waals surface area contributed by atoms with Crippen LogP contribution in [0.3, 0.4) is 0 Å². The SMILES string of the molecule is CCN1C(=O)C2CC[C@@H]2C1=O. The highest BCUT2D eigenvalue weighted by Gasteiger charge is 2.51. The van der Waals surface area contributed by atoms with E-state index in [0.717, 1.165) is 12.8 Å². The Kier molecular flexibility index (Phi) is 1.28. The van der Waals surface area contributed by atoms with Crippen LogP contribution in [0.4, 0.5) is 0 Å². The number of fused-ring (bicyclic) bond motifs is 1. The van der Waals surface area contributed by atoms with E-state index in [9.17, 15) is 9.59 Å². The molecule has 2 amide bonds. The number of carbonyl (C=O) groups excluding carboxylic acids is 2. The largest absolute Gasteiger partial charge is 0.282 e. The Morgan fingerprint density at radius 3 is 2.00 bits per heavy atom. The lowest BCUT2D eigenvalue weighted by molar-refractivity contribution is -0.139. The zero-order chi connectivity index (χ0) is 8.01. The second kappa shape index (κ2) is 2.06. The molecule has 0 bridgehead atoms. The van der Waals surface area contributed by atoms with E-state index in [1.165, 1.54) is 4.90 Å². The molecule has 1 saturated carbocycles. The van der Waals surface area contributed by atoms with Gasteiger partial charge >= 0.3 is 0 Å². The Morgan fingerprint density at radius 1 is 1.27 bits per heavy atom. The van der Waals surface area contributed by atoms with E-state index in [2.05, 4.69) is 0 Å². The zero-order valence-electron chi connectivity index (χ0n) is 6.54. The van der Waals surface area contributed by atoms with E-state index in [0.29, 0.717) is 6.54 Å². The Morgan fingerprint density at radius 2 is 1.73 bits per heavy atom. The second-order valence-corrected chi connectivity index (χ2v) is 3.21. The molecule has 11 heavy (non-hydrogen) atoms. The molecule has 0 N–H and O–H groups in total. The minimum Gasteiger partial charge on any atom is -0.282 e. The second-order valence-electron chi connectivity index (χ2n) is 3.21. The molecule has 2 rings (SSSR count). The van der Waals surface area contributed by atoms with Crippen LogP contribution >= 0.6 is 0 Å². The van der Waals surface area contributed by atoms with Gasteiger partial charge in [0.15, 0.2) is 0 Å². The van der Waals surface area contributed by atoms with Gasteiger partial charge in [0.25, 0.3) is 0 Å². The summed E-state index contributed by atoms with van der Waals surface area (Å²) in [6.45, 7) is 2.39. The lowest BCUT2D eigenvalue weighted by atomic mass is 9.76. The van der Waals surface area contributed by atoms with Gasteiger partial charge in [-0.3, -0.25) is 14.5 Å². The minimum absolute atomic E-state index is 0.0578. The van der Waals surface area contributed by atoms with Crippen molar-refractivity contribution >= 4 is 11.8 Å². The summed E-state index contributed by atoms with van der Waals surface area (Å²) in [6, 6.07) is 0. The van der Waals surface area contributed by atoms with Crippen LogP contribution in [0, 0.1) is 11.8 Å². The molecular formula is C8H11NO2. The third kappa shape index (κ3) is 0.682. The summed E-state index contributed by atoms with van der Waals surface area (Å²) in [5.74, 6) is 0.243. The third-order valence-electron chi connectivity index (χ3n) is 2.76. The van der Waals surface area contributed by atoms with Gasteiger partial charge in [-0.25, -0.2) is 0 Å². The third-order valence-corrected chi connectivity index (χ3v) is 2.76. The van der Waals surface area contributed by atoms with Crippen LogP contribution in [0.15, 0.2) is 0 Å². The molecule has 1 heterocycles. The summed E-state index contributed by atoms with van der Waals surface area (Å²) in [5.41, 5.74) is 0. The average molecular weight is 153 g/mol. The van der Waals surface area contributed by atoms with Crippen molar-refractivity contribution in [1.82, 2.24) is 4.90 Å². The van der Waals surface area contributed by atoms with E-state index >= 15 is 0 Å². The Balaban J connectivity index is 2.24. The normalized spacial score (nSPS) is 35.5. The highest BCUT2D eigenvalue weighted by Crippen LogP contribution is 2.42. The summed E-state index contributed by atoms with van der Waals surface area (Å²) < 4.78 is 0. The average Bonchev–Trinajstić information content (AvgIpc) is 1.99. The topological polar surface area (TPSA) is 37.4 Å². The fraction of sp³-hybridized carbons (Fsp3) is 0.750. The van der Waals surface area contributed by atoms with Crippen LogP contribution < -0.4 is 0 Å². The van der Waals surface area contributed by atoms with Crippen LogP contribution in [0.5, 0.6) is 0 Å². The maximum Gasteiger partial charge on any atom is 0.233 e. The van der Waals surface area contributed by atoms with Crippen molar-refractivity contribution < 1.29 is 9.59 Å². The highest BCUT2D eigenvalue weighted by molar-refractivity contribution is 6.06. The first-order valence-electron chi connectivity index (χ1n) is 4.11. The predicted molar refractivity (Wildman–Crippen MR) is 38.6 cm³/mol. The molecule has 1 aliphatic carbocycles. The van der Waals surface area contributed by atoms with Crippen molar-refractivity contribution in [1.29, 1.82) is 0 Å². The Hall–Kier alpha value is -0.860. The molecule has 0 radical (unpaired) electrons. The Labute approximate surface area is 65.4 Å². The van der Waals surface area contributed by atoms with Crippen molar-refractivity contribution in [2.75, 3.05) is 6.54 Å². The molecule has 60 valence electrons. The monoisotopic (exact) mass is 153 g/mol. The lowest BCUT2D eigenvalue weighted by Gasteiger charge is -2.24.